The number of thiophene rings is 1. The number of alkyl halides is 3. The smallest absolute Gasteiger partial charge is 0.338 e. The molecule has 0 aliphatic rings. The van der Waals surface area contributed by atoms with Crippen molar-refractivity contribution in [1.82, 2.24) is 10.1 Å². The van der Waals surface area contributed by atoms with Crippen LogP contribution in [0.5, 0.6) is 0 Å². The first kappa shape index (κ1) is 12.7. The van der Waals surface area contributed by atoms with E-state index in [2.05, 4.69) is 14.7 Å². The van der Waals surface area contributed by atoms with Crippen LogP contribution in [0.4, 0.5) is 13.2 Å². The molecule has 2 aromatic rings. The highest BCUT2D eigenvalue weighted by Crippen LogP contribution is 2.28. The Kier molecular flexibility index (Phi) is 3.20. The van der Waals surface area contributed by atoms with Gasteiger partial charge in [-0.05, 0) is 18.4 Å². The second kappa shape index (κ2) is 4.52. The number of hydrogen-bond acceptors (Lipinski definition) is 5. The summed E-state index contributed by atoms with van der Waals surface area (Å²) in [7, 11) is 0. The van der Waals surface area contributed by atoms with E-state index in [1.807, 2.05) is 0 Å². The van der Waals surface area contributed by atoms with Gasteiger partial charge in [-0.15, -0.1) is 0 Å². The number of carbonyl (C=O) groups excluding carboxylic acids is 1. The molecule has 0 saturated heterocycles. The van der Waals surface area contributed by atoms with Gasteiger partial charge in [0, 0.05) is 10.9 Å². The number of hydrogen-bond donors (Lipinski definition) is 0. The van der Waals surface area contributed by atoms with Gasteiger partial charge in [-0.25, -0.2) is 0 Å². The van der Waals surface area contributed by atoms with E-state index in [1.165, 1.54) is 11.3 Å². The zero-order chi connectivity index (χ0) is 13.3. The van der Waals surface area contributed by atoms with Crippen molar-refractivity contribution in [1.29, 1.82) is 0 Å². The molecule has 0 radical (unpaired) electrons. The predicted octanol–water partition coefficient (Wildman–Crippen LogP) is 3.03. The Labute approximate surface area is 103 Å². The standard InChI is InChI=1S/C10H7F3N2O2S/c1-5(7(16)10(11,12)13)9-14-8(15-17-9)6-2-3-18-4-6/h2-5H,1H3. The Morgan fingerprint density at radius 2 is 2.22 bits per heavy atom. The molecule has 0 saturated carbocycles. The molecule has 0 spiro atoms. The SMILES string of the molecule is CC(C(=O)C(F)(F)F)c1nc(-c2ccsc2)no1. The van der Waals surface area contributed by atoms with E-state index in [1.54, 1.807) is 16.8 Å². The van der Waals surface area contributed by atoms with Crippen molar-refractivity contribution in [3.8, 4) is 11.4 Å². The molecule has 8 heteroatoms. The molecule has 4 nitrogen and oxygen atoms in total. The van der Waals surface area contributed by atoms with Gasteiger partial charge in [0.15, 0.2) is 0 Å². The van der Waals surface area contributed by atoms with Crippen molar-refractivity contribution in [2.45, 2.75) is 19.0 Å². The first-order valence-corrected chi connectivity index (χ1v) is 5.81. The van der Waals surface area contributed by atoms with E-state index in [0.29, 0.717) is 5.56 Å². The molecule has 0 amide bonds. The van der Waals surface area contributed by atoms with Gasteiger partial charge in [-0.2, -0.15) is 29.5 Å². The third-order valence-electron chi connectivity index (χ3n) is 2.26. The van der Waals surface area contributed by atoms with Crippen LogP contribution in [0.25, 0.3) is 11.4 Å². The summed E-state index contributed by atoms with van der Waals surface area (Å²) in [6.45, 7) is 1.08. The normalized spacial score (nSPS) is 13.6. The first-order chi connectivity index (χ1) is 8.39. The minimum absolute atomic E-state index is 0.174. The summed E-state index contributed by atoms with van der Waals surface area (Å²) < 4.78 is 41.4. The summed E-state index contributed by atoms with van der Waals surface area (Å²) in [6.07, 6.45) is -4.91. The minimum atomic E-state index is -4.91. The van der Waals surface area contributed by atoms with Crippen molar-refractivity contribution >= 4 is 17.1 Å². The lowest BCUT2D eigenvalue weighted by molar-refractivity contribution is -0.172. The lowest BCUT2D eigenvalue weighted by Gasteiger charge is -2.07. The lowest BCUT2D eigenvalue weighted by atomic mass is 10.1. The highest BCUT2D eigenvalue weighted by molar-refractivity contribution is 7.08. The number of ketones is 1. The molecule has 0 N–H and O–H groups in total. The molecule has 2 aromatic heterocycles. The zero-order valence-corrected chi connectivity index (χ0v) is 9.88. The van der Waals surface area contributed by atoms with Crippen molar-refractivity contribution in [2.75, 3.05) is 0 Å². The highest BCUT2D eigenvalue weighted by atomic mass is 32.1. The molecule has 1 unspecified atom stereocenters. The summed E-state index contributed by atoms with van der Waals surface area (Å²) in [5.74, 6) is -3.56. The fourth-order valence-corrected chi connectivity index (χ4v) is 1.91. The first-order valence-electron chi connectivity index (χ1n) is 4.87. The van der Waals surface area contributed by atoms with Crippen LogP contribution in [-0.2, 0) is 4.79 Å². The molecular weight excluding hydrogens is 269 g/mol. The molecule has 0 aromatic carbocycles. The van der Waals surface area contributed by atoms with Crippen molar-refractivity contribution in [3.63, 3.8) is 0 Å². The van der Waals surface area contributed by atoms with E-state index in [-0.39, 0.29) is 11.7 Å². The van der Waals surface area contributed by atoms with Gasteiger partial charge in [-0.3, -0.25) is 4.79 Å². The number of halogens is 3. The summed E-state index contributed by atoms with van der Waals surface area (Å²) in [5.41, 5.74) is 0.640. The van der Waals surface area contributed by atoms with Crippen LogP contribution in [0.3, 0.4) is 0 Å². The number of aromatic nitrogens is 2. The van der Waals surface area contributed by atoms with Gasteiger partial charge >= 0.3 is 6.18 Å². The third kappa shape index (κ3) is 2.42. The van der Waals surface area contributed by atoms with Gasteiger partial charge in [0.25, 0.3) is 0 Å². The average molecular weight is 276 g/mol. The molecular formula is C10H7F3N2O2S. The molecule has 2 heterocycles. The predicted molar refractivity (Wildman–Crippen MR) is 57.1 cm³/mol. The molecule has 18 heavy (non-hydrogen) atoms. The Balaban J connectivity index is 2.23. The van der Waals surface area contributed by atoms with Crippen LogP contribution in [0.2, 0.25) is 0 Å². The number of Topliss-reactive ketones (excluding diaryl/α,β-unsaturated/α-hetero) is 1. The van der Waals surface area contributed by atoms with Crippen LogP contribution in [0.1, 0.15) is 18.7 Å². The maximum absolute atomic E-state index is 12.2. The van der Waals surface area contributed by atoms with E-state index < -0.39 is 17.9 Å². The molecule has 1 atom stereocenters. The van der Waals surface area contributed by atoms with Crippen LogP contribution >= 0.6 is 11.3 Å². The van der Waals surface area contributed by atoms with Crippen LogP contribution in [0.15, 0.2) is 21.3 Å². The summed E-state index contributed by atoms with van der Waals surface area (Å²) in [4.78, 5) is 14.8. The Bertz CT molecular complexity index is 548. The summed E-state index contributed by atoms with van der Waals surface area (Å²) >= 11 is 1.39. The Hall–Kier alpha value is -1.70. The molecule has 0 fully saturated rings. The zero-order valence-electron chi connectivity index (χ0n) is 9.06. The third-order valence-corrected chi connectivity index (χ3v) is 2.95. The van der Waals surface area contributed by atoms with Gasteiger partial charge < -0.3 is 4.52 Å². The second-order valence-electron chi connectivity index (χ2n) is 3.55. The molecule has 0 aliphatic heterocycles. The minimum Gasteiger partial charge on any atom is -0.338 e. The largest absolute Gasteiger partial charge is 0.450 e. The van der Waals surface area contributed by atoms with Crippen molar-refractivity contribution in [2.24, 2.45) is 0 Å². The molecule has 2 rings (SSSR count). The fraction of sp³-hybridized carbons (Fsp3) is 0.300. The number of rotatable bonds is 3. The Morgan fingerprint density at radius 3 is 2.78 bits per heavy atom. The van der Waals surface area contributed by atoms with Crippen LogP contribution < -0.4 is 0 Å². The number of carbonyl (C=O) groups is 1. The van der Waals surface area contributed by atoms with E-state index in [0.717, 1.165) is 6.92 Å². The quantitative estimate of drug-likeness (QED) is 0.864. The maximum atomic E-state index is 12.2. The summed E-state index contributed by atoms with van der Waals surface area (Å²) in [6, 6.07) is 1.70. The fourth-order valence-electron chi connectivity index (χ4n) is 1.28. The molecule has 96 valence electrons. The van der Waals surface area contributed by atoms with E-state index >= 15 is 0 Å². The van der Waals surface area contributed by atoms with E-state index in [4.69, 9.17) is 0 Å². The molecule has 0 aliphatic carbocycles. The van der Waals surface area contributed by atoms with Gasteiger partial charge in [0.05, 0.1) is 0 Å². The van der Waals surface area contributed by atoms with E-state index in [9.17, 15) is 18.0 Å². The second-order valence-corrected chi connectivity index (χ2v) is 4.33. The Morgan fingerprint density at radius 1 is 1.50 bits per heavy atom. The molecule has 0 bridgehead atoms. The lowest BCUT2D eigenvalue weighted by Crippen LogP contribution is -2.27. The van der Waals surface area contributed by atoms with Gasteiger partial charge in [0.2, 0.25) is 17.5 Å². The number of nitrogens with zero attached hydrogens (tertiary/aromatic N) is 2. The summed E-state index contributed by atoms with van der Waals surface area (Å²) in [5, 5.41) is 7.05. The highest BCUT2D eigenvalue weighted by Gasteiger charge is 2.44. The van der Waals surface area contributed by atoms with Crippen molar-refractivity contribution in [3.05, 3.63) is 22.7 Å². The van der Waals surface area contributed by atoms with Crippen molar-refractivity contribution < 1.29 is 22.5 Å². The monoisotopic (exact) mass is 276 g/mol. The maximum Gasteiger partial charge on any atom is 0.450 e. The van der Waals surface area contributed by atoms with Crippen LogP contribution in [0, 0.1) is 0 Å². The topological polar surface area (TPSA) is 56.0 Å². The average Bonchev–Trinajstić information content (AvgIpc) is 2.95. The van der Waals surface area contributed by atoms with Gasteiger partial charge in [0.1, 0.15) is 5.92 Å². The van der Waals surface area contributed by atoms with Crippen LogP contribution in [-0.4, -0.2) is 22.1 Å². The van der Waals surface area contributed by atoms with Gasteiger partial charge in [-0.1, -0.05) is 5.16 Å².